The van der Waals surface area contributed by atoms with Crippen LogP contribution in [-0.2, 0) is 9.53 Å². The van der Waals surface area contributed by atoms with Crippen molar-refractivity contribution in [1.82, 2.24) is 16.0 Å². The van der Waals surface area contributed by atoms with Gasteiger partial charge in [0.1, 0.15) is 0 Å². The van der Waals surface area contributed by atoms with Gasteiger partial charge in [-0.05, 0) is 38.0 Å². The number of hydrogen-bond acceptors (Lipinski definition) is 3. The molecule has 0 aromatic rings. The van der Waals surface area contributed by atoms with Gasteiger partial charge in [0.2, 0.25) is 5.91 Å². The highest BCUT2D eigenvalue weighted by Crippen LogP contribution is 2.40. The van der Waals surface area contributed by atoms with Gasteiger partial charge < -0.3 is 20.7 Å². The van der Waals surface area contributed by atoms with Gasteiger partial charge in [0.15, 0.2) is 5.96 Å². The van der Waals surface area contributed by atoms with Gasteiger partial charge in [-0.3, -0.25) is 9.79 Å². The molecule has 1 rings (SSSR count). The first-order valence-electron chi connectivity index (χ1n) is 8.94. The molecule has 1 saturated carbocycles. The van der Waals surface area contributed by atoms with Crippen molar-refractivity contribution in [2.75, 3.05) is 39.9 Å². The number of nitrogens with one attached hydrogen (secondary N) is 3. The van der Waals surface area contributed by atoms with E-state index >= 15 is 0 Å². The van der Waals surface area contributed by atoms with Crippen molar-refractivity contribution in [2.24, 2.45) is 10.4 Å². The second-order valence-electron chi connectivity index (χ2n) is 6.28. The molecule has 0 aromatic heterocycles. The molecular weight excluding hydrogens is 292 g/mol. The highest BCUT2D eigenvalue weighted by Gasteiger charge is 2.33. The fraction of sp³-hybridized carbons (Fsp3) is 0.882. The molecule has 6 heteroatoms. The fourth-order valence-electron chi connectivity index (χ4n) is 3.06. The first-order valence-corrected chi connectivity index (χ1v) is 8.94. The molecule has 0 spiro atoms. The zero-order valence-corrected chi connectivity index (χ0v) is 15.0. The van der Waals surface area contributed by atoms with Crippen LogP contribution in [0.3, 0.4) is 0 Å². The summed E-state index contributed by atoms with van der Waals surface area (Å²) in [5, 5.41) is 9.33. The number of carbonyl (C=O) groups is 1. The van der Waals surface area contributed by atoms with Crippen LogP contribution in [0.5, 0.6) is 0 Å². The lowest BCUT2D eigenvalue weighted by Crippen LogP contribution is -2.46. The molecule has 0 atom stereocenters. The molecule has 1 aliphatic rings. The number of carbonyl (C=O) groups excluding carboxylic acids is 1. The summed E-state index contributed by atoms with van der Waals surface area (Å²) >= 11 is 0. The summed E-state index contributed by atoms with van der Waals surface area (Å²) in [4.78, 5) is 15.9. The van der Waals surface area contributed by atoms with Gasteiger partial charge in [-0.25, -0.2) is 0 Å². The first-order chi connectivity index (χ1) is 11.2. The van der Waals surface area contributed by atoms with E-state index in [-0.39, 0.29) is 12.5 Å². The zero-order valence-electron chi connectivity index (χ0n) is 15.0. The fourth-order valence-corrected chi connectivity index (χ4v) is 3.06. The van der Waals surface area contributed by atoms with Gasteiger partial charge in [0, 0.05) is 33.4 Å². The number of aliphatic imine (C=N–C) groups is 1. The molecule has 1 fully saturated rings. The van der Waals surface area contributed by atoms with E-state index in [1.807, 2.05) is 13.8 Å². The maximum atomic E-state index is 11.6. The smallest absolute Gasteiger partial charge is 0.239 e. The van der Waals surface area contributed by atoms with Crippen LogP contribution in [0, 0.1) is 5.41 Å². The monoisotopic (exact) mass is 326 g/mol. The number of guanidine groups is 1. The molecule has 0 aromatic carbocycles. The molecule has 3 N–H and O–H groups in total. The largest absolute Gasteiger partial charge is 0.382 e. The van der Waals surface area contributed by atoms with Crippen molar-refractivity contribution in [3.8, 4) is 0 Å². The average Bonchev–Trinajstić information content (AvgIpc) is 3.02. The van der Waals surface area contributed by atoms with Crippen molar-refractivity contribution in [1.29, 1.82) is 0 Å². The number of rotatable bonds is 10. The van der Waals surface area contributed by atoms with E-state index in [1.54, 1.807) is 7.05 Å². The Hall–Kier alpha value is -1.30. The third-order valence-electron chi connectivity index (χ3n) is 4.49. The highest BCUT2D eigenvalue weighted by atomic mass is 16.5. The zero-order chi connectivity index (χ0) is 17.0. The topological polar surface area (TPSA) is 74.8 Å². The Morgan fingerprint density at radius 3 is 2.52 bits per heavy atom. The maximum absolute atomic E-state index is 11.6. The van der Waals surface area contributed by atoms with E-state index < -0.39 is 0 Å². The van der Waals surface area contributed by atoms with Gasteiger partial charge in [0.25, 0.3) is 0 Å². The minimum atomic E-state index is 0.00160. The normalized spacial score (nSPS) is 17.1. The Kier molecular flexibility index (Phi) is 9.67. The van der Waals surface area contributed by atoms with E-state index in [0.717, 1.165) is 32.6 Å². The number of hydrogen-bond donors (Lipinski definition) is 3. The quantitative estimate of drug-likeness (QED) is 0.324. The van der Waals surface area contributed by atoms with Crippen molar-refractivity contribution in [2.45, 2.75) is 52.4 Å². The molecule has 0 heterocycles. The Labute approximate surface area is 140 Å². The molecule has 23 heavy (non-hydrogen) atoms. The summed E-state index contributed by atoms with van der Waals surface area (Å²) in [7, 11) is 1.74. The molecule has 0 unspecified atom stereocenters. The van der Waals surface area contributed by atoms with E-state index in [4.69, 9.17) is 4.74 Å². The molecule has 134 valence electrons. The van der Waals surface area contributed by atoms with Crippen LogP contribution in [0.15, 0.2) is 4.99 Å². The number of amides is 1. The Morgan fingerprint density at radius 1 is 1.17 bits per heavy atom. The Morgan fingerprint density at radius 2 is 1.91 bits per heavy atom. The second kappa shape index (κ2) is 11.3. The Balaban J connectivity index is 2.37. The van der Waals surface area contributed by atoms with Gasteiger partial charge in [-0.15, -0.1) is 0 Å². The predicted octanol–water partition coefficient (Wildman–Crippen LogP) is 1.66. The average molecular weight is 326 g/mol. The standard InChI is InChI=1S/C17H34N4O2/c1-4-11-19-15(22)13-20-16(18-3)21-14-17(8-6-7-9-17)10-12-23-5-2/h4-14H2,1-3H3,(H,19,22)(H2,18,20,21). The molecule has 0 bridgehead atoms. The van der Waals surface area contributed by atoms with Gasteiger partial charge >= 0.3 is 0 Å². The summed E-state index contributed by atoms with van der Waals surface area (Å²) in [5.41, 5.74) is 0.303. The highest BCUT2D eigenvalue weighted by molar-refractivity contribution is 5.86. The van der Waals surface area contributed by atoms with E-state index in [2.05, 4.69) is 20.9 Å². The third kappa shape index (κ3) is 7.68. The van der Waals surface area contributed by atoms with Crippen LogP contribution in [0.4, 0.5) is 0 Å². The van der Waals surface area contributed by atoms with Crippen molar-refractivity contribution >= 4 is 11.9 Å². The summed E-state index contributed by atoms with van der Waals surface area (Å²) in [6, 6.07) is 0. The predicted molar refractivity (Wildman–Crippen MR) is 94.7 cm³/mol. The van der Waals surface area contributed by atoms with E-state index in [0.29, 0.717) is 17.9 Å². The third-order valence-corrected chi connectivity index (χ3v) is 4.49. The Bertz CT molecular complexity index is 366. The van der Waals surface area contributed by atoms with E-state index in [1.165, 1.54) is 25.7 Å². The summed E-state index contributed by atoms with van der Waals surface area (Å²) in [5.74, 6) is 0.695. The van der Waals surface area contributed by atoms with Crippen LogP contribution in [0.25, 0.3) is 0 Å². The molecule has 0 aliphatic heterocycles. The minimum Gasteiger partial charge on any atom is -0.382 e. The number of ether oxygens (including phenoxy) is 1. The summed E-state index contributed by atoms with van der Waals surface area (Å²) in [6.45, 7) is 7.53. The lowest BCUT2D eigenvalue weighted by Gasteiger charge is -2.30. The SMILES string of the molecule is CCCNC(=O)CNC(=NC)NCC1(CCOCC)CCCC1. The maximum Gasteiger partial charge on any atom is 0.239 e. The van der Waals surface area contributed by atoms with Gasteiger partial charge in [-0.1, -0.05) is 19.8 Å². The van der Waals surface area contributed by atoms with Crippen molar-refractivity contribution in [3.05, 3.63) is 0 Å². The molecule has 0 saturated heterocycles. The molecule has 1 aliphatic carbocycles. The first kappa shape index (κ1) is 19.7. The van der Waals surface area contributed by atoms with Crippen molar-refractivity contribution < 1.29 is 9.53 Å². The lowest BCUT2D eigenvalue weighted by molar-refractivity contribution is -0.120. The van der Waals surface area contributed by atoms with Crippen LogP contribution in [0.2, 0.25) is 0 Å². The van der Waals surface area contributed by atoms with Crippen LogP contribution < -0.4 is 16.0 Å². The second-order valence-corrected chi connectivity index (χ2v) is 6.28. The minimum absolute atomic E-state index is 0.00160. The van der Waals surface area contributed by atoms with Crippen LogP contribution >= 0.6 is 0 Å². The van der Waals surface area contributed by atoms with Crippen LogP contribution in [-0.4, -0.2) is 51.8 Å². The molecule has 1 amide bonds. The van der Waals surface area contributed by atoms with E-state index in [9.17, 15) is 4.79 Å². The summed E-state index contributed by atoms with van der Waals surface area (Å²) in [6.07, 6.45) is 7.09. The lowest BCUT2D eigenvalue weighted by atomic mass is 9.83. The molecule has 0 radical (unpaired) electrons. The number of nitrogens with zero attached hydrogens (tertiary/aromatic N) is 1. The molecule has 6 nitrogen and oxygen atoms in total. The van der Waals surface area contributed by atoms with Gasteiger partial charge in [-0.2, -0.15) is 0 Å². The van der Waals surface area contributed by atoms with Crippen molar-refractivity contribution in [3.63, 3.8) is 0 Å². The summed E-state index contributed by atoms with van der Waals surface area (Å²) < 4.78 is 5.54. The molecular formula is C17H34N4O2. The van der Waals surface area contributed by atoms with Crippen LogP contribution in [0.1, 0.15) is 52.4 Å². The van der Waals surface area contributed by atoms with Gasteiger partial charge in [0.05, 0.1) is 6.54 Å².